The van der Waals surface area contributed by atoms with E-state index in [9.17, 15) is 22.7 Å². The van der Waals surface area contributed by atoms with Gasteiger partial charge in [0.1, 0.15) is 24.2 Å². The molecule has 38 heavy (non-hydrogen) atoms. The Morgan fingerprint density at radius 2 is 1.87 bits per heavy atom. The zero-order valence-corrected chi connectivity index (χ0v) is 21.9. The number of ether oxygens (including phenoxy) is 1. The first-order valence-electron chi connectivity index (χ1n) is 11.6. The van der Waals surface area contributed by atoms with Crippen molar-refractivity contribution >= 4 is 38.5 Å². The van der Waals surface area contributed by atoms with Crippen LogP contribution in [-0.4, -0.2) is 36.7 Å². The van der Waals surface area contributed by atoms with Crippen LogP contribution >= 0.6 is 11.6 Å². The Morgan fingerprint density at radius 1 is 1.13 bits per heavy atom. The number of fused-ring (bicyclic) bond motifs is 1. The average Bonchev–Trinajstić information content (AvgIpc) is 3.21. The summed E-state index contributed by atoms with van der Waals surface area (Å²) in [4.78, 5) is 12.0. The maximum absolute atomic E-state index is 14.3. The lowest BCUT2D eigenvalue weighted by molar-refractivity contribution is -0.138. The lowest BCUT2D eigenvalue weighted by atomic mass is 10.1. The van der Waals surface area contributed by atoms with Crippen molar-refractivity contribution in [3.05, 3.63) is 94.9 Å². The molecule has 4 rings (SSSR count). The fourth-order valence-corrected chi connectivity index (χ4v) is 5.37. The van der Waals surface area contributed by atoms with E-state index in [4.69, 9.17) is 16.3 Å². The zero-order chi connectivity index (χ0) is 27.3. The van der Waals surface area contributed by atoms with E-state index < -0.39 is 22.0 Å². The largest absolute Gasteiger partial charge is 0.481 e. The van der Waals surface area contributed by atoms with E-state index >= 15 is 0 Å². The van der Waals surface area contributed by atoms with E-state index in [-0.39, 0.29) is 30.3 Å². The highest BCUT2D eigenvalue weighted by molar-refractivity contribution is 7.89. The molecule has 196 valence electrons. The van der Waals surface area contributed by atoms with Gasteiger partial charge in [0.05, 0.1) is 11.4 Å². The van der Waals surface area contributed by atoms with Crippen LogP contribution in [0.5, 0.6) is 5.75 Å². The van der Waals surface area contributed by atoms with Crippen LogP contribution in [0.3, 0.4) is 0 Å². The fourth-order valence-electron chi connectivity index (χ4n) is 4.01. The van der Waals surface area contributed by atoms with Gasteiger partial charge in [-0.3, -0.25) is 4.79 Å². The summed E-state index contributed by atoms with van der Waals surface area (Å²) < 4.78 is 49.8. The molecule has 0 spiro atoms. The number of carbonyl (C=O) groups is 1. The van der Waals surface area contributed by atoms with Crippen LogP contribution in [0, 0.1) is 17.7 Å². The number of hydrogen-bond donors (Lipinski definition) is 2. The van der Waals surface area contributed by atoms with E-state index in [0.29, 0.717) is 32.8 Å². The summed E-state index contributed by atoms with van der Waals surface area (Å²) in [6.45, 7) is 2.04. The Balaban J connectivity index is 1.60. The number of aliphatic carboxylic acids is 1. The molecule has 1 atom stereocenters. The van der Waals surface area contributed by atoms with E-state index in [1.807, 2.05) is 0 Å². The molecule has 0 saturated carbocycles. The van der Waals surface area contributed by atoms with Gasteiger partial charge >= 0.3 is 5.97 Å². The number of aromatic nitrogens is 1. The monoisotopic (exact) mass is 554 g/mol. The molecule has 1 heterocycles. The summed E-state index contributed by atoms with van der Waals surface area (Å²) >= 11 is 6.21. The third-order valence-corrected chi connectivity index (χ3v) is 7.59. The quantitative estimate of drug-likeness (QED) is 0.273. The Kier molecular flexibility index (Phi) is 8.37. The van der Waals surface area contributed by atoms with Gasteiger partial charge in [-0.2, -0.15) is 4.72 Å². The molecule has 1 aromatic heterocycles. The molecule has 0 aliphatic carbocycles. The van der Waals surface area contributed by atoms with Crippen LogP contribution in [0.2, 0.25) is 5.02 Å². The lowest BCUT2D eigenvalue weighted by Gasteiger charge is -2.15. The Hall–Kier alpha value is -3.84. The SMILES string of the molecule is CC#CCOc1ccc(S(=O)(=O)N[C@@H](Cc2cn(Cc3ccccc3F)c3ccc(Cl)cc23)C(=O)O)cc1. The van der Waals surface area contributed by atoms with Crippen molar-refractivity contribution in [1.82, 2.24) is 9.29 Å². The Morgan fingerprint density at radius 3 is 2.55 bits per heavy atom. The van der Waals surface area contributed by atoms with Crippen molar-refractivity contribution in [1.29, 1.82) is 0 Å². The number of hydrogen-bond acceptors (Lipinski definition) is 4. The molecule has 0 aliphatic heterocycles. The highest BCUT2D eigenvalue weighted by Gasteiger charge is 2.27. The summed E-state index contributed by atoms with van der Waals surface area (Å²) in [5.41, 5.74) is 1.72. The molecule has 0 aliphatic rings. The molecule has 2 N–H and O–H groups in total. The lowest BCUT2D eigenvalue weighted by Crippen LogP contribution is -2.42. The first-order valence-corrected chi connectivity index (χ1v) is 13.4. The first kappa shape index (κ1) is 27.2. The molecule has 0 amide bonds. The number of nitrogens with zero attached hydrogens (tertiary/aromatic N) is 1. The van der Waals surface area contributed by atoms with Gasteiger partial charge in [-0.1, -0.05) is 35.7 Å². The minimum atomic E-state index is -4.17. The van der Waals surface area contributed by atoms with Gasteiger partial charge in [0, 0.05) is 34.1 Å². The maximum atomic E-state index is 14.3. The van der Waals surface area contributed by atoms with Crippen molar-refractivity contribution in [2.24, 2.45) is 0 Å². The molecule has 7 nitrogen and oxygen atoms in total. The Bertz CT molecular complexity index is 1640. The van der Waals surface area contributed by atoms with Crippen LogP contribution in [0.25, 0.3) is 10.9 Å². The molecule has 3 aromatic carbocycles. The van der Waals surface area contributed by atoms with E-state index in [1.54, 1.807) is 54.1 Å². The fraction of sp³-hybridized carbons (Fsp3) is 0.179. The van der Waals surface area contributed by atoms with Gasteiger partial charge in [-0.25, -0.2) is 12.8 Å². The van der Waals surface area contributed by atoms with Gasteiger partial charge in [-0.05, 0) is 61.0 Å². The maximum Gasteiger partial charge on any atom is 0.322 e. The summed E-state index contributed by atoms with van der Waals surface area (Å²) in [6, 6.07) is 15.6. The van der Waals surface area contributed by atoms with E-state index in [2.05, 4.69) is 16.6 Å². The number of sulfonamides is 1. The van der Waals surface area contributed by atoms with Gasteiger partial charge in [0.25, 0.3) is 0 Å². The highest BCUT2D eigenvalue weighted by Crippen LogP contribution is 2.28. The summed E-state index contributed by atoms with van der Waals surface area (Å²) in [5.74, 6) is 4.16. The second-order valence-corrected chi connectivity index (χ2v) is 10.6. The van der Waals surface area contributed by atoms with Crippen molar-refractivity contribution in [3.63, 3.8) is 0 Å². The number of carboxylic acid groups (broad SMARTS) is 1. The van der Waals surface area contributed by atoms with E-state index in [1.165, 1.54) is 30.3 Å². The topological polar surface area (TPSA) is 97.6 Å². The normalized spacial score (nSPS) is 12.1. The van der Waals surface area contributed by atoms with Crippen molar-refractivity contribution in [2.75, 3.05) is 6.61 Å². The number of halogens is 2. The van der Waals surface area contributed by atoms with Crippen molar-refractivity contribution in [3.8, 4) is 17.6 Å². The second kappa shape index (κ2) is 11.7. The summed E-state index contributed by atoms with van der Waals surface area (Å²) in [5, 5.41) is 11.0. The molecular formula is C28H24ClFN2O5S. The van der Waals surface area contributed by atoms with Crippen LogP contribution in [0.1, 0.15) is 18.1 Å². The standard InChI is InChI=1S/C28H24ClFN2O5S/c1-2-3-14-37-22-9-11-23(12-10-22)38(35,36)31-26(28(33)34)15-20-18-32(17-19-6-4-5-7-25(19)30)27-13-8-21(29)16-24(20)27/h4-13,16,18,26,31H,14-15,17H2,1H3,(H,33,34)/t26-/m0/s1. The number of benzene rings is 3. The highest BCUT2D eigenvalue weighted by atomic mass is 35.5. The third-order valence-electron chi connectivity index (χ3n) is 5.87. The molecule has 4 aromatic rings. The second-order valence-electron chi connectivity index (χ2n) is 8.44. The number of rotatable bonds is 10. The minimum absolute atomic E-state index is 0.109. The van der Waals surface area contributed by atoms with Crippen LogP contribution in [0.4, 0.5) is 4.39 Å². The summed E-state index contributed by atoms with van der Waals surface area (Å²) in [7, 11) is -4.17. The average molecular weight is 555 g/mol. The number of nitrogens with one attached hydrogen (secondary N) is 1. The first-order chi connectivity index (χ1) is 18.2. The number of carboxylic acids is 1. The zero-order valence-electron chi connectivity index (χ0n) is 20.3. The van der Waals surface area contributed by atoms with Crippen molar-refractivity contribution < 1.29 is 27.4 Å². The molecule has 0 unspecified atom stereocenters. The van der Waals surface area contributed by atoms with E-state index in [0.717, 1.165) is 0 Å². The van der Waals surface area contributed by atoms with Gasteiger partial charge < -0.3 is 14.4 Å². The van der Waals surface area contributed by atoms with Crippen LogP contribution in [0.15, 0.2) is 77.8 Å². The molecular weight excluding hydrogens is 531 g/mol. The van der Waals surface area contributed by atoms with Gasteiger partial charge in [-0.15, -0.1) is 5.92 Å². The third kappa shape index (κ3) is 6.34. The molecule has 10 heteroatoms. The van der Waals surface area contributed by atoms with Gasteiger partial charge in [0.2, 0.25) is 10.0 Å². The molecule has 0 bridgehead atoms. The predicted molar refractivity (Wildman–Crippen MR) is 143 cm³/mol. The van der Waals surface area contributed by atoms with Crippen LogP contribution in [-0.2, 0) is 27.8 Å². The molecule has 0 saturated heterocycles. The van der Waals surface area contributed by atoms with Gasteiger partial charge in [0.15, 0.2) is 0 Å². The summed E-state index contributed by atoms with van der Waals surface area (Å²) in [6.07, 6.45) is 1.54. The van der Waals surface area contributed by atoms with Crippen LogP contribution < -0.4 is 9.46 Å². The Labute approximate surface area is 224 Å². The smallest absolute Gasteiger partial charge is 0.322 e. The van der Waals surface area contributed by atoms with Crippen molar-refractivity contribution in [2.45, 2.75) is 30.8 Å². The molecule has 0 fully saturated rings. The molecule has 0 radical (unpaired) electrons. The minimum Gasteiger partial charge on any atom is -0.481 e. The predicted octanol–water partition coefficient (Wildman–Crippen LogP) is 4.86.